The maximum atomic E-state index is 5.65. The van der Waals surface area contributed by atoms with Crippen LogP contribution < -0.4 is 15.0 Å². The van der Waals surface area contributed by atoms with Crippen molar-refractivity contribution < 1.29 is 4.74 Å². The first kappa shape index (κ1) is 15.2. The van der Waals surface area contributed by atoms with Crippen LogP contribution in [0.25, 0.3) is 0 Å². The van der Waals surface area contributed by atoms with E-state index in [4.69, 9.17) is 4.74 Å². The molecule has 1 aromatic carbocycles. The molecule has 2 unspecified atom stereocenters. The molecule has 1 N–H and O–H groups in total. The molecule has 0 aliphatic carbocycles. The van der Waals surface area contributed by atoms with Gasteiger partial charge in [0.25, 0.3) is 0 Å². The van der Waals surface area contributed by atoms with Crippen LogP contribution in [0, 0.1) is 0 Å². The summed E-state index contributed by atoms with van der Waals surface area (Å²) < 4.78 is 5.65. The third-order valence-electron chi connectivity index (χ3n) is 3.91. The molecule has 20 heavy (non-hydrogen) atoms. The van der Waals surface area contributed by atoms with Gasteiger partial charge in [-0.05, 0) is 57.4 Å². The number of anilines is 1. The molecule has 2 rings (SSSR count). The summed E-state index contributed by atoms with van der Waals surface area (Å²) in [5.41, 5.74) is 1.31. The summed E-state index contributed by atoms with van der Waals surface area (Å²) in [6.07, 6.45) is 3.44. The van der Waals surface area contributed by atoms with Crippen LogP contribution in [0.15, 0.2) is 24.3 Å². The summed E-state index contributed by atoms with van der Waals surface area (Å²) in [7, 11) is 0. The SMILES string of the molecule is CCCOc1ccc(N2CCC(C)NC(C)CC2)cc1. The van der Waals surface area contributed by atoms with E-state index in [2.05, 4.69) is 55.3 Å². The van der Waals surface area contributed by atoms with Crippen molar-refractivity contribution in [3.63, 3.8) is 0 Å². The van der Waals surface area contributed by atoms with Gasteiger partial charge >= 0.3 is 0 Å². The number of ether oxygens (including phenoxy) is 1. The first-order chi connectivity index (χ1) is 9.69. The Morgan fingerprint density at radius 1 is 1.10 bits per heavy atom. The summed E-state index contributed by atoms with van der Waals surface area (Å²) >= 11 is 0. The highest BCUT2D eigenvalue weighted by atomic mass is 16.5. The van der Waals surface area contributed by atoms with Crippen molar-refractivity contribution in [3.8, 4) is 5.75 Å². The Balaban J connectivity index is 1.98. The molecule has 0 amide bonds. The van der Waals surface area contributed by atoms with E-state index in [1.165, 1.54) is 18.5 Å². The molecule has 0 radical (unpaired) electrons. The Morgan fingerprint density at radius 2 is 1.70 bits per heavy atom. The average molecular weight is 276 g/mol. The molecule has 1 fully saturated rings. The quantitative estimate of drug-likeness (QED) is 0.911. The number of nitrogens with one attached hydrogen (secondary N) is 1. The fourth-order valence-corrected chi connectivity index (χ4v) is 2.69. The molecule has 3 heteroatoms. The van der Waals surface area contributed by atoms with Gasteiger partial charge in [0, 0.05) is 30.9 Å². The first-order valence-electron chi connectivity index (χ1n) is 7.93. The van der Waals surface area contributed by atoms with E-state index in [0.717, 1.165) is 31.9 Å². The Hall–Kier alpha value is -1.22. The number of rotatable bonds is 4. The van der Waals surface area contributed by atoms with E-state index in [9.17, 15) is 0 Å². The van der Waals surface area contributed by atoms with Gasteiger partial charge in [0.15, 0.2) is 0 Å². The molecule has 1 aromatic rings. The molecule has 1 aliphatic heterocycles. The van der Waals surface area contributed by atoms with Crippen LogP contribution >= 0.6 is 0 Å². The minimum atomic E-state index is 0.597. The molecule has 0 spiro atoms. The summed E-state index contributed by atoms with van der Waals surface area (Å²) in [5, 5.41) is 3.64. The highest BCUT2D eigenvalue weighted by Gasteiger charge is 2.16. The van der Waals surface area contributed by atoms with Crippen molar-refractivity contribution >= 4 is 5.69 Å². The topological polar surface area (TPSA) is 24.5 Å². The zero-order valence-electron chi connectivity index (χ0n) is 13.1. The standard InChI is InChI=1S/C17H28N2O/c1-4-13-20-17-7-5-16(6-8-17)19-11-9-14(2)18-15(3)10-12-19/h5-8,14-15,18H,4,9-13H2,1-3H3. The normalized spacial score (nSPS) is 24.1. The molecule has 1 heterocycles. The maximum absolute atomic E-state index is 5.65. The van der Waals surface area contributed by atoms with E-state index in [0.29, 0.717) is 12.1 Å². The lowest BCUT2D eigenvalue weighted by Gasteiger charge is -2.32. The third-order valence-corrected chi connectivity index (χ3v) is 3.91. The largest absolute Gasteiger partial charge is 0.494 e. The van der Waals surface area contributed by atoms with Crippen molar-refractivity contribution in [2.75, 3.05) is 24.6 Å². The molecule has 0 aromatic heterocycles. The Bertz CT molecular complexity index is 378. The van der Waals surface area contributed by atoms with E-state index < -0.39 is 0 Å². The van der Waals surface area contributed by atoms with Gasteiger partial charge in [0.2, 0.25) is 0 Å². The van der Waals surface area contributed by atoms with E-state index in [1.54, 1.807) is 0 Å². The van der Waals surface area contributed by atoms with Gasteiger partial charge in [-0.15, -0.1) is 0 Å². The van der Waals surface area contributed by atoms with Crippen LogP contribution in [-0.2, 0) is 0 Å². The number of hydrogen-bond donors (Lipinski definition) is 1. The van der Waals surface area contributed by atoms with E-state index in [1.807, 2.05) is 0 Å². The smallest absolute Gasteiger partial charge is 0.119 e. The van der Waals surface area contributed by atoms with Gasteiger partial charge in [0.1, 0.15) is 5.75 Å². The van der Waals surface area contributed by atoms with E-state index in [-0.39, 0.29) is 0 Å². The second kappa shape index (κ2) is 7.53. The Labute approximate surface area is 123 Å². The third kappa shape index (κ3) is 4.41. The Morgan fingerprint density at radius 3 is 2.25 bits per heavy atom. The van der Waals surface area contributed by atoms with Gasteiger partial charge in [-0.25, -0.2) is 0 Å². The zero-order valence-corrected chi connectivity index (χ0v) is 13.1. The lowest BCUT2D eigenvalue weighted by molar-refractivity contribution is 0.317. The van der Waals surface area contributed by atoms with Crippen molar-refractivity contribution in [2.24, 2.45) is 0 Å². The number of benzene rings is 1. The highest BCUT2D eigenvalue weighted by molar-refractivity contribution is 5.49. The second-order valence-corrected chi connectivity index (χ2v) is 5.88. The lowest BCUT2D eigenvalue weighted by atomic mass is 10.1. The Kier molecular flexibility index (Phi) is 5.72. The fourth-order valence-electron chi connectivity index (χ4n) is 2.69. The van der Waals surface area contributed by atoms with Crippen LogP contribution in [0.3, 0.4) is 0 Å². The summed E-state index contributed by atoms with van der Waals surface area (Å²) in [6, 6.07) is 9.76. The molecule has 112 valence electrons. The van der Waals surface area contributed by atoms with Crippen LogP contribution in [0.5, 0.6) is 5.75 Å². The van der Waals surface area contributed by atoms with Crippen molar-refractivity contribution in [1.82, 2.24) is 5.32 Å². The number of hydrogen-bond acceptors (Lipinski definition) is 3. The molecule has 0 saturated carbocycles. The molecular formula is C17H28N2O. The molecule has 0 bridgehead atoms. The molecule has 2 atom stereocenters. The summed E-state index contributed by atoms with van der Waals surface area (Å²) in [5.74, 6) is 0.978. The van der Waals surface area contributed by atoms with Crippen molar-refractivity contribution in [3.05, 3.63) is 24.3 Å². The van der Waals surface area contributed by atoms with Gasteiger partial charge in [-0.2, -0.15) is 0 Å². The first-order valence-corrected chi connectivity index (χ1v) is 7.93. The van der Waals surface area contributed by atoms with E-state index >= 15 is 0 Å². The molecular weight excluding hydrogens is 248 g/mol. The van der Waals surface area contributed by atoms with Crippen molar-refractivity contribution in [1.29, 1.82) is 0 Å². The van der Waals surface area contributed by atoms with Gasteiger partial charge in [-0.1, -0.05) is 6.92 Å². The summed E-state index contributed by atoms with van der Waals surface area (Å²) in [4.78, 5) is 2.50. The highest BCUT2D eigenvalue weighted by Crippen LogP contribution is 2.21. The lowest BCUT2D eigenvalue weighted by Crippen LogP contribution is -2.43. The molecule has 1 aliphatic rings. The predicted octanol–water partition coefficient (Wildman–Crippen LogP) is 3.44. The summed E-state index contributed by atoms with van der Waals surface area (Å²) in [6.45, 7) is 9.73. The minimum absolute atomic E-state index is 0.597. The maximum Gasteiger partial charge on any atom is 0.119 e. The van der Waals surface area contributed by atoms with Gasteiger partial charge < -0.3 is 15.0 Å². The second-order valence-electron chi connectivity index (χ2n) is 5.88. The predicted molar refractivity (Wildman–Crippen MR) is 85.7 cm³/mol. The average Bonchev–Trinajstić information content (AvgIpc) is 2.44. The monoisotopic (exact) mass is 276 g/mol. The van der Waals surface area contributed by atoms with Crippen LogP contribution in [0.2, 0.25) is 0 Å². The van der Waals surface area contributed by atoms with Crippen LogP contribution in [0.4, 0.5) is 5.69 Å². The minimum Gasteiger partial charge on any atom is -0.494 e. The fraction of sp³-hybridized carbons (Fsp3) is 0.647. The van der Waals surface area contributed by atoms with Crippen LogP contribution in [-0.4, -0.2) is 31.8 Å². The zero-order chi connectivity index (χ0) is 14.4. The number of nitrogens with zero attached hydrogens (tertiary/aromatic N) is 1. The van der Waals surface area contributed by atoms with Crippen LogP contribution in [0.1, 0.15) is 40.0 Å². The molecule has 3 nitrogen and oxygen atoms in total. The van der Waals surface area contributed by atoms with Crippen molar-refractivity contribution in [2.45, 2.75) is 52.1 Å². The van der Waals surface area contributed by atoms with Gasteiger partial charge in [0.05, 0.1) is 6.61 Å². The van der Waals surface area contributed by atoms with Gasteiger partial charge in [-0.3, -0.25) is 0 Å². The molecule has 1 saturated heterocycles.